The van der Waals surface area contributed by atoms with E-state index in [1.54, 1.807) is 0 Å². The highest BCUT2D eigenvalue weighted by Gasteiger charge is 2.27. The van der Waals surface area contributed by atoms with Gasteiger partial charge in [0.25, 0.3) is 0 Å². The Morgan fingerprint density at radius 2 is 2.12 bits per heavy atom. The molecule has 2 aliphatic carbocycles. The fraction of sp³-hybridized carbons (Fsp3) is 0.467. The van der Waals surface area contributed by atoms with Crippen LogP contribution in [-0.2, 0) is 0 Å². The summed E-state index contributed by atoms with van der Waals surface area (Å²) in [5, 5.41) is 3.42. The van der Waals surface area contributed by atoms with Crippen LogP contribution in [0, 0.1) is 11.8 Å². The monoisotopic (exact) mass is 213 g/mol. The van der Waals surface area contributed by atoms with E-state index in [1.807, 2.05) is 0 Å². The van der Waals surface area contributed by atoms with Crippen molar-refractivity contribution in [1.82, 2.24) is 5.32 Å². The van der Waals surface area contributed by atoms with Gasteiger partial charge in [0, 0.05) is 18.5 Å². The first kappa shape index (κ1) is 10.1. The topological polar surface area (TPSA) is 21.9 Å². The van der Waals surface area contributed by atoms with E-state index in [4.69, 9.17) is 0 Å². The summed E-state index contributed by atoms with van der Waals surface area (Å²) in [6.07, 6.45) is 16.5. The maximum Gasteiger partial charge on any atom is 0.0290 e. The molecule has 3 atom stereocenters. The van der Waals surface area contributed by atoms with Gasteiger partial charge in [-0.2, -0.15) is 0 Å². The van der Waals surface area contributed by atoms with Crippen LogP contribution >= 0.6 is 0 Å². The molecular formula is C15H19N. The molecule has 3 aliphatic rings. The molecule has 0 aromatic heterocycles. The van der Waals surface area contributed by atoms with Crippen LogP contribution in [0.4, 0.5) is 0 Å². The Labute approximate surface area is 97.6 Å². The first-order valence-corrected chi connectivity index (χ1v) is 6.32. The molecule has 1 N–H and O–H groups in total. The Bertz CT molecular complexity index is 394. The van der Waals surface area contributed by atoms with Crippen molar-refractivity contribution >= 4 is 0 Å². The van der Waals surface area contributed by atoms with Gasteiger partial charge in [0.05, 0.1) is 0 Å². The largest absolute Gasteiger partial charge is 0.310 e. The molecule has 1 fully saturated rings. The number of nitrogens with one attached hydrogen (secondary N) is 1. The molecule has 1 aliphatic heterocycles. The van der Waals surface area contributed by atoms with Crippen LogP contribution < -0.4 is 5.32 Å². The lowest BCUT2D eigenvalue weighted by Crippen LogP contribution is -2.08. The summed E-state index contributed by atoms with van der Waals surface area (Å²) in [5.74, 6) is 1.36. The summed E-state index contributed by atoms with van der Waals surface area (Å²) in [7, 11) is 0. The lowest BCUT2D eigenvalue weighted by molar-refractivity contribution is 0.584. The Hall–Kier alpha value is -1.08. The van der Waals surface area contributed by atoms with Crippen molar-refractivity contribution in [2.24, 2.45) is 11.8 Å². The summed E-state index contributed by atoms with van der Waals surface area (Å²) in [4.78, 5) is 0. The van der Waals surface area contributed by atoms with Gasteiger partial charge < -0.3 is 5.32 Å². The zero-order valence-electron chi connectivity index (χ0n) is 9.82. The average molecular weight is 213 g/mol. The second-order valence-corrected chi connectivity index (χ2v) is 5.28. The highest BCUT2D eigenvalue weighted by molar-refractivity contribution is 5.40. The average Bonchev–Trinajstić information content (AvgIpc) is 3.03. The zero-order chi connectivity index (χ0) is 11.0. The van der Waals surface area contributed by atoms with Crippen molar-refractivity contribution < 1.29 is 0 Å². The minimum atomic E-state index is 0.591. The third-order valence-electron chi connectivity index (χ3n) is 3.65. The van der Waals surface area contributed by atoms with Gasteiger partial charge in [-0.25, -0.2) is 0 Å². The van der Waals surface area contributed by atoms with E-state index >= 15 is 0 Å². The Morgan fingerprint density at radius 3 is 2.94 bits per heavy atom. The fourth-order valence-electron chi connectivity index (χ4n) is 2.52. The predicted octanol–water partition coefficient (Wildman–Crippen LogP) is 2.98. The highest BCUT2D eigenvalue weighted by atomic mass is 15.1. The third-order valence-corrected chi connectivity index (χ3v) is 3.65. The van der Waals surface area contributed by atoms with Crippen LogP contribution in [0.15, 0.2) is 47.6 Å². The molecule has 0 radical (unpaired) electrons. The molecule has 3 rings (SSSR count). The normalized spacial score (nSPS) is 36.9. The van der Waals surface area contributed by atoms with E-state index in [1.165, 1.54) is 30.5 Å². The number of hydrogen-bond donors (Lipinski definition) is 1. The van der Waals surface area contributed by atoms with Crippen LogP contribution in [0.1, 0.15) is 19.8 Å². The van der Waals surface area contributed by atoms with E-state index in [-0.39, 0.29) is 0 Å². The van der Waals surface area contributed by atoms with Gasteiger partial charge in [0.15, 0.2) is 0 Å². The molecule has 0 aromatic carbocycles. The molecule has 1 heterocycles. The molecule has 1 nitrogen and oxygen atoms in total. The summed E-state index contributed by atoms with van der Waals surface area (Å²) >= 11 is 0. The van der Waals surface area contributed by atoms with Crippen LogP contribution in [-0.4, -0.2) is 12.6 Å². The van der Waals surface area contributed by atoms with Crippen molar-refractivity contribution in [2.45, 2.75) is 25.8 Å². The van der Waals surface area contributed by atoms with E-state index in [0.717, 1.165) is 5.92 Å². The smallest absolute Gasteiger partial charge is 0.0290 e. The molecule has 0 aromatic rings. The van der Waals surface area contributed by atoms with Crippen molar-refractivity contribution in [3.05, 3.63) is 47.6 Å². The maximum absolute atomic E-state index is 3.42. The van der Waals surface area contributed by atoms with E-state index in [2.05, 4.69) is 48.7 Å². The van der Waals surface area contributed by atoms with Crippen LogP contribution in [0.25, 0.3) is 0 Å². The van der Waals surface area contributed by atoms with Crippen molar-refractivity contribution in [2.75, 3.05) is 6.54 Å². The molecule has 0 amide bonds. The molecule has 0 saturated carbocycles. The lowest BCUT2D eigenvalue weighted by atomic mass is 9.88. The maximum atomic E-state index is 3.42. The summed E-state index contributed by atoms with van der Waals surface area (Å²) in [6.45, 7) is 3.52. The van der Waals surface area contributed by atoms with E-state index in [0.29, 0.717) is 12.0 Å². The van der Waals surface area contributed by atoms with Gasteiger partial charge in [-0.3, -0.25) is 0 Å². The number of fused-ring (bicyclic) bond motifs is 2. The number of allylic oxidation sites excluding steroid dienone is 6. The first-order valence-electron chi connectivity index (χ1n) is 6.32. The fourth-order valence-corrected chi connectivity index (χ4v) is 2.52. The lowest BCUT2D eigenvalue weighted by Gasteiger charge is -2.17. The van der Waals surface area contributed by atoms with Gasteiger partial charge in [-0.1, -0.05) is 49.0 Å². The molecular weight excluding hydrogens is 194 g/mol. The number of hydrogen-bond acceptors (Lipinski definition) is 1. The second kappa shape index (κ2) is 4.06. The molecule has 1 heteroatoms. The van der Waals surface area contributed by atoms with Crippen molar-refractivity contribution in [3.63, 3.8) is 0 Å². The van der Waals surface area contributed by atoms with Gasteiger partial charge >= 0.3 is 0 Å². The number of rotatable bonds is 1. The SMILES string of the molecule is CC1CC=C2C=CC(=CC(C3CN3)C=C2)C1. The Morgan fingerprint density at radius 1 is 1.25 bits per heavy atom. The van der Waals surface area contributed by atoms with Gasteiger partial charge in [-0.05, 0) is 24.3 Å². The molecule has 0 spiro atoms. The van der Waals surface area contributed by atoms with Crippen LogP contribution in [0.3, 0.4) is 0 Å². The summed E-state index contributed by atoms with van der Waals surface area (Å²) < 4.78 is 0. The molecule has 3 unspecified atom stereocenters. The van der Waals surface area contributed by atoms with Gasteiger partial charge in [0.1, 0.15) is 0 Å². The van der Waals surface area contributed by atoms with E-state index < -0.39 is 0 Å². The Balaban J connectivity index is 1.96. The second-order valence-electron chi connectivity index (χ2n) is 5.28. The molecule has 84 valence electrons. The van der Waals surface area contributed by atoms with Crippen LogP contribution in [0.2, 0.25) is 0 Å². The molecule has 2 bridgehead atoms. The molecule has 1 saturated heterocycles. The molecule has 16 heavy (non-hydrogen) atoms. The predicted molar refractivity (Wildman–Crippen MR) is 68.1 cm³/mol. The quantitative estimate of drug-likeness (QED) is 0.664. The van der Waals surface area contributed by atoms with Gasteiger partial charge in [0.2, 0.25) is 0 Å². The standard InChI is InChI=1S/C15H19N/c1-11-2-3-12-4-5-13(8-11)9-14(7-6-12)15-10-16-15/h3-7,9,11,14-16H,2,8,10H2,1H3. The first-order chi connectivity index (χ1) is 7.81. The van der Waals surface area contributed by atoms with Crippen LogP contribution in [0.5, 0.6) is 0 Å². The summed E-state index contributed by atoms with van der Waals surface area (Å²) in [5.41, 5.74) is 2.89. The minimum Gasteiger partial charge on any atom is -0.310 e. The van der Waals surface area contributed by atoms with Crippen molar-refractivity contribution in [3.8, 4) is 0 Å². The Kier molecular flexibility index (Phi) is 2.56. The highest BCUT2D eigenvalue weighted by Crippen LogP contribution is 2.27. The van der Waals surface area contributed by atoms with E-state index in [9.17, 15) is 0 Å². The van der Waals surface area contributed by atoms with Gasteiger partial charge in [-0.15, -0.1) is 0 Å². The summed E-state index contributed by atoms with van der Waals surface area (Å²) in [6, 6.07) is 0.689. The third kappa shape index (κ3) is 2.19. The zero-order valence-corrected chi connectivity index (χ0v) is 9.82. The minimum absolute atomic E-state index is 0.591. The van der Waals surface area contributed by atoms with Crippen molar-refractivity contribution in [1.29, 1.82) is 0 Å².